The smallest absolute Gasteiger partial charge is 0.0442 e. The fraction of sp³-hybridized carbons (Fsp3) is 0.0833. The number of thiophene rings is 2. The Balaban J connectivity index is 0.000000144. The van der Waals surface area contributed by atoms with Gasteiger partial charge >= 0.3 is 0 Å². The third-order valence-electron chi connectivity index (χ3n) is 1.94. The molecular formula is C12H12S2Si. The lowest BCUT2D eigenvalue weighted by atomic mass is 10.4. The summed E-state index contributed by atoms with van der Waals surface area (Å²) in [5.41, 5.74) is 2.26. The zero-order chi connectivity index (χ0) is 10.3. The first kappa shape index (κ1) is 10.7. The van der Waals surface area contributed by atoms with E-state index in [2.05, 4.69) is 52.8 Å². The highest BCUT2D eigenvalue weighted by atomic mass is 32.1. The number of hydrogen-bond acceptors (Lipinski definition) is 2. The van der Waals surface area contributed by atoms with Crippen LogP contribution in [-0.2, 0) is 0 Å². The van der Waals surface area contributed by atoms with Crippen LogP contribution in [0.25, 0.3) is 9.75 Å². The van der Waals surface area contributed by atoms with Gasteiger partial charge in [-0.25, -0.2) is 0 Å². The fourth-order valence-electron chi connectivity index (χ4n) is 1.23. The van der Waals surface area contributed by atoms with Crippen molar-refractivity contribution in [3.05, 3.63) is 47.2 Å². The van der Waals surface area contributed by atoms with Gasteiger partial charge in [0.25, 0.3) is 0 Å². The van der Waals surface area contributed by atoms with E-state index in [1.165, 1.54) is 15.8 Å². The van der Waals surface area contributed by atoms with E-state index in [1.54, 1.807) is 22.7 Å². The van der Waals surface area contributed by atoms with Crippen LogP contribution in [0.15, 0.2) is 47.2 Å². The van der Waals surface area contributed by atoms with Crippen LogP contribution in [0.3, 0.4) is 0 Å². The predicted octanol–water partition coefficient (Wildman–Crippen LogP) is 3.69. The van der Waals surface area contributed by atoms with Crippen molar-refractivity contribution in [2.45, 2.75) is 6.04 Å². The van der Waals surface area contributed by atoms with E-state index >= 15 is 0 Å². The molecule has 0 amide bonds. The van der Waals surface area contributed by atoms with Crippen LogP contribution in [0.4, 0.5) is 0 Å². The second kappa shape index (κ2) is 5.95. The molecule has 0 unspecified atom stereocenters. The summed E-state index contributed by atoms with van der Waals surface area (Å²) >= 11 is 3.58. The maximum atomic E-state index is 2.26. The van der Waals surface area contributed by atoms with E-state index in [1.807, 2.05) is 0 Å². The second-order valence-electron chi connectivity index (χ2n) is 3.05. The second-order valence-corrected chi connectivity index (χ2v) is 6.27. The van der Waals surface area contributed by atoms with Gasteiger partial charge in [-0.2, -0.15) is 0 Å². The first-order chi connectivity index (χ1) is 7.47. The molecule has 0 nitrogen and oxygen atoms in total. The van der Waals surface area contributed by atoms with Crippen LogP contribution in [0.2, 0.25) is 6.04 Å². The van der Waals surface area contributed by atoms with Crippen molar-refractivity contribution in [2.75, 3.05) is 0 Å². The Hall–Kier alpha value is -0.773. The zero-order valence-corrected chi connectivity index (χ0v) is 11.1. The standard InChI is InChI=1S/C8H6S2.C4H6Si/c1-3-7(9-5-1)8-4-2-6-10-8;1-2-4-5-3-1/h1-6H;1-3,5H,4H2. The molecule has 3 heterocycles. The van der Waals surface area contributed by atoms with Gasteiger partial charge in [0.1, 0.15) is 0 Å². The maximum absolute atomic E-state index is 2.26. The van der Waals surface area contributed by atoms with Gasteiger partial charge in [0.2, 0.25) is 0 Å². The molecular weight excluding hydrogens is 236 g/mol. The Bertz CT molecular complexity index is 382. The molecule has 0 aromatic carbocycles. The Morgan fingerprint density at radius 2 is 1.67 bits per heavy atom. The molecule has 1 aliphatic rings. The quantitative estimate of drug-likeness (QED) is 0.675. The first-order valence-electron chi connectivity index (χ1n) is 4.86. The Morgan fingerprint density at radius 3 is 1.93 bits per heavy atom. The maximum Gasteiger partial charge on any atom is 0.0442 e. The Labute approximate surface area is 100 Å². The molecule has 0 aliphatic carbocycles. The van der Waals surface area contributed by atoms with Crippen LogP contribution in [0.5, 0.6) is 0 Å². The van der Waals surface area contributed by atoms with Crippen LogP contribution in [0.1, 0.15) is 0 Å². The number of allylic oxidation sites excluding steroid dienone is 2. The summed E-state index contributed by atoms with van der Waals surface area (Å²) in [5, 5.41) is 4.21. The molecule has 0 N–H and O–H groups in total. The van der Waals surface area contributed by atoms with Gasteiger partial charge in [0.05, 0.1) is 0 Å². The lowest BCUT2D eigenvalue weighted by Crippen LogP contribution is -1.62. The molecule has 3 rings (SSSR count). The first-order valence-corrected chi connectivity index (χ1v) is 8.10. The molecule has 0 fully saturated rings. The van der Waals surface area contributed by atoms with Crippen molar-refractivity contribution in [3.8, 4) is 9.75 Å². The topological polar surface area (TPSA) is 0 Å². The molecule has 0 bridgehead atoms. The van der Waals surface area contributed by atoms with Crippen LogP contribution in [-0.4, -0.2) is 14.8 Å². The lowest BCUT2D eigenvalue weighted by Gasteiger charge is -1.84. The molecule has 0 atom stereocenters. The highest BCUT2D eigenvalue weighted by Gasteiger charge is 1.96. The normalized spacial score (nSPS) is 12.5. The molecule has 1 aliphatic heterocycles. The molecule has 2 aromatic rings. The highest BCUT2D eigenvalue weighted by Crippen LogP contribution is 2.28. The summed E-state index contributed by atoms with van der Waals surface area (Å²) in [5.74, 6) is 0. The summed E-state index contributed by atoms with van der Waals surface area (Å²) in [6.45, 7) is 0. The van der Waals surface area contributed by atoms with E-state index in [-0.39, 0.29) is 0 Å². The monoisotopic (exact) mass is 248 g/mol. The minimum atomic E-state index is 0.690. The van der Waals surface area contributed by atoms with Crippen molar-refractivity contribution in [1.29, 1.82) is 0 Å². The molecule has 0 radical (unpaired) electrons. The van der Waals surface area contributed by atoms with Gasteiger partial charge in [0, 0.05) is 9.75 Å². The van der Waals surface area contributed by atoms with Gasteiger partial charge in [-0.15, -0.1) is 22.7 Å². The van der Waals surface area contributed by atoms with Crippen molar-refractivity contribution >= 4 is 37.5 Å². The van der Waals surface area contributed by atoms with Crippen LogP contribution in [0, 0.1) is 0 Å². The van der Waals surface area contributed by atoms with Crippen molar-refractivity contribution in [2.24, 2.45) is 0 Å². The average molecular weight is 248 g/mol. The molecule has 76 valence electrons. The minimum Gasteiger partial charge on any atom is -0.143 e. The fourth-order valence-corrected chi connectivity index (χ4v) is 3.59. The number of hydrogen-bond donors (Lipinski definition) is 0. The summed E-state index contributed by atoms with van der Waals surface area (Å²) < 4.78 is 0. The third-order valence-corrected chi connectivity index (χ3v) is 4.91. The van der Waals surface area contributed by atoms with Gasteiger partial charge in [-0.1, -0.05) is 30.0 Å². The largest absolute Gasteiger partial charge is 0.143 e. The van der Waals surface area contributed by atoms with E-state index in [0.717, 1.165) is 0 Å². The minimum absolute atomic E-state index is 0.690. The summed E-state index contributed by atoms with van der Waals surface area (Å²) in [6, 6.07) is 9.81. The lowest BCUT2D eigenvalue weighted by molar-refractivity contribution is 1.76. The molecule has 0 spiro atoms. The SMILES string of the molecule is C1=CC[SiH]=C1.c1csc(-c2cccs2)c1. The molecule has 0 saturated carbocycles. The summed E-state index contributed by atoms with van der Waals surface area (Å²) in [7, 11) is 0.690. The van der Waals surface area contributed by atoms with Gasteiger partial charge in [0.15, 0.2) is 0 Å². The van der Waals surface area contributed by atoms with E-state index in [4.69, 9.17) is 0 Å². The van der Waals surface area contributed by atoms with Crippen LogP contribution < -0.4 is 0 Å². The predicted molar refractivity (Wildman–Crippen MR) is 74.8 cm³/mol. The average Bonchev–Trinajstić information content (AvgIpc) is 3.06. The van der Waals surface area contributed by atoms with Crippen molar-refractivity contribution in [3.63, 3.8) is 0 Å². The van der Waals surface area contributed by atoms with E-state index in [9.17, 15) is 0 Å². The summed E-state index contributed by atoms with van der Waals surface area (Å²) in [4.78, 5) is 2.74. The van der Waals surface area contributed by atoms with Gasteiger partial charge < -0.3 is 0 Å². The summed E-state index contributed by atoms with van der Waals surface area (Å²) in [6.07, 6.45) is 4.37. The van der Waals surface area contributed by atoms with E-state index in [0.29, 0.717) is 9.13 Å². The van der Waals surface area contributed by atoms with Gasteiger partial charge in [-0.3, -0.25) is 0 Å². The Morgan fingerprint density at radius 1 is 1.00 bits per heavy atom. The highest BCUT2D eigenvalue weighted by molar-refractivity contribution is 7.20. The Kier molecular flexibility index (Phi) is 4.26. The van der Waals surface area contributed by atoms with Crippen LogP contribution >= 0.6 is 22.7 Å². The van der Waals surface area contributed by atoms with Gasteiger partial charge in [-0.05, 0) is 38.1 Å². The molecule has 15 heavy (non-hydrogen) atoms. The molecule has 0 saturated heterocycles. The molecule has 3 heteroatoms. The van der Waals surface area contributed by atoms with E-state index < -0.39 is 0 Å². The third kappa shape index (κ3) is 3.37. The molecule has 2 aromatic heterocycles. The van der Waals surface area contributed by atoms with Crippen molar-refractivity contribution in [1.82, 2.24) is 0 Å². The zero-order valence-electron chi connectivity index (χ0n) is 8.30. The number of rotatable bonds is 1. The van der Waals surface area contributed by atoms with Crippen molar-refractivity contribution < 1.29 is 0 Å².